The summed E-state index contributed by atoms with van der Waals surface area (Å²) in [5.74, 6) is 0.766. The molecule has 0 bridgehead atoms. The van der Waals surface area contributed by atoms with Gasteiger partial charge in [-0.1, -0.05) is 0 Å². The Kier molecular flexibility index (Phi) is 7.78. The predicted molar refractivity (Wildman–Crippen MR) is 90.6 cm³/mol. The van der Waals surface area contributed by atoms with Gasteiger partial charge in [0, 0.05) is 36.5 Å². The highest BCUT2D eigenvalue weighted by molar-refractivity contribution is 7.11. The number of hydrogen-bond donors (Lipinski definition) is 1. The molecule has 0 aliphatic rings. The highest BCUT2D eigenvalue weighted by Crippen LogP contribution is 2.17. The number of aliphatic hydroxyl groups is 1. The number of thiophene rings is 1. The van der Waals surface area contributed by atoms with Crippen molar-refractivity contribution in [2.24, 2.45) is 0 Å². The van der Waals surface area contributed by atoms with Gasteiger partial charge in [0.2, 0.25) is 0 Å². The fraction of sp³-hybridized carbons (Fsp3) is 0.529. The Bertz CT molecular complexity index is 541. The molecule has 0 radical (unpaired) electrons. The minimum Gasteiger partial charge on any atom is -0.467 e. The van der Waals surface area contributed by atoms with Crippen LogP contribution in [-0.2, 0) is 22.6 Å². The van der Waals surface area contributed by atoms with Crippen LogP contribution in [0.1, 0.15) is 15.5 Å². The van der Waals surface area contributed by atoms with E-state index >= 15 is 0 Å². The molecule has 0 aliphatic heterocycles. The highest BCUT2D eigenvalue weighted by Gasteiger charge is 2.13. The Morgan fingerprint density at radius 3 is 2.87 bits per heavy atom. The minimum atomic E-state index is -0.539. The first-order valence-corrected chi connectivity index (χ1v) is 8.54. The SMILES string of the molecule is COCCN(Cc1ccc(C)s1)C[C@H](O)COCc1ccco1. The number of aryl methyl sites for hydroxylation is 1. The van der Waals surface area contributed by atoms with E-state index in [2.05, 4.69) is 24.0 Å². The van der Waals surface area contributed by atoms with Crippen LogP contribution in [-0.4, -0.2) is 49.5 Å². The smallest absolute Gasteiger partial charge is 0.129 e. The average Bonchev–Trinajstić information content (AvgIpc) is 3.17. The first-order chi connectivity index (χ1) is 11.2. The molecule has 0 fully saturated rings. The second kappa shape index (κ2) is 9.85. The maximum absolute atomic E-state index is 10.2. The lowest BCUT2D eigenvalue weighted by molar-refractivity contribution is 0.000646. The molecule has 0 spiro atoms. The fourth-order valence-electron chi connectivity index (χ4n) is 2.29. The number of rotatable bonds is 11. The number of hydrogen-bond acceptors (Lipinski definition) is 6. The Balaban J connectivity index is 1.76. The summed E-state index contributed by atoms with van der Waals surface area (Å²) in [6, 6.07) is 7.94. The van der Waals surface area contributed by atoms with Crippen molar-refractivity contribution in [1.29, 1.82) is 0 Å². The van der Waals surface area contributed by atoms with Crippen molar-refractivity contribution in [2.75, 3.05) is 33.4 Å². The van der Waals surface area contributed by atoms with Gasteiger partial charge >= 0.3 is 0 Å². The maximum Gasteiger partial charge on any atom is 0.129 e. The zero-order chi connectivity index (χ0) is 16.5. The van der Waals surface area contributed by atoms with Crippen LogP contribution >= 0.6 is 11.3 Å². The van der Waals surface area contributed by atoms with Crippen molar-refractivity contribution in [2.45, 2.75) is 26.2 Å². The highest BCUT2D eigenvalue weighted by atomic mass is 32.1. The second-order valence-electron chi connectivity index (χ2n) is 5.49. The summed E-state index contributed by atoms with van der Waals surface area (Å²) >= 11 is 1.78. The van der Waals surface area contributed by atoms with Crippen LogP contribution in [0.2, 0.25) is 0 Å². The van der Waals surface area contributed by atoms with E-state index in [0.717, 1.165) is 18.8 Å². The molecule has 1 atom stereocenters. The molecule has 0 unspecified atom stereocenters. The molecule has 0 saturated heterocycles. The van der Waals surface area contributed by atoms with Gasteiger partial charge in [-0.05, 0) is 31.2 Å². The normalized spacial score (nSPS) is 12.9. The summed E-state index contributed by atoms with van der Waals surface area (Å²) in [7, 11) is 1.69. The van der Waals surface area contributed by atoms with E-state index < -0.39 is 6.10 Å². The lowest BCUT2D eigenvalue weighted by atomic mass is 10.3. The van der Waals surface area contributed by atoms with Gasteiger partial charge in [-0.15, -0.1) is 11.3 Å². The van der Waals surface area contributed by atoms with Crippen LogP contribution in [0.4, 0.5) is 0 Å². The second-order valence-corrected chi connectivity index (χ2v) is 6.86. The molecule has 1 N–H and O–H groups in total. The minimum absolute atomic E-state index is 0.285. The summed E-state index contributed by atoms with van der Waals surface area (Å²) in [6.45, 7) is 5.56. The molecule has 0 amide bonds. The Labute approximate surface area is 141 Å². The molecule has 0 aromatic carbocycles. The van der Waals surface area contributed by atoms with Crippen molar-refractivity contribution in [1.82, 2.24) is 4.90 Å². The van der Waals surface area contributed by atoms with Gasteiger partial charge in [0.25, 0.3) is 0 Å². The van der Waals surface area contributed by atoms with Crippen LogP contribution in [0.15, 0.2) is 34.9 Å². The summed E-state index contributed by atoms with van der Waals surface area (Å²) in [4.78, 5) is 4.78. The monoisotopic (exact) mass is 339 g/mol. The molecule has 128 valence electrons. The number of methoxy groups -OCH3 is 1. The topological polar surface area (TPSA) is 55.1 Å². The van der Waals surface area contributed by atoms with Crippen molar-refractivity contribution in [3.63, 3.8) is 0 Å². The molecule has 2 rings (SSSR count). The van der Waals surface area contributed by atoms with Gasteiger partial charge in [0.15, 0.2) is 0 Å². The number of ether oxygens (including phenoxy) is 2. The molecule has 2 aromatic heterocycles. The van der Waals surface area contributed by atoms with Crippen molar-refractivity contribution < 1.29 is 19.0 Å². The van der Waals surface area contributed by atoms with E-state index in [4.69, 9.17) is 13.9 Å². The zero-order valence-electron chi connectivity index (χ0n) is 13.7. The number of furan rings is 1. The largest absolute Gasteiger partial charge is 0.467 e. The number of aliphatic hydroxyl groups excluding tert-OH is 1. The average molecular weight is 339 g/mol. The van der Waals surface area contributed by atoms with E-state index in [1.54, 1.807) is 24.7 Å². The van der Waals surface area contributed by atoms with Crippen LogP contribution in [0.3, 0.4) is 0 Å². The summed E-state index contributed by atoms with van der Waals surface area (Å²) in [6.07, 6.45) is 1.08. The maximum atomic E-state index is 10.2. The van der Waals surface area contributed by atoms with E-state index in [1.165, 1.54) is 9.75 Å². The molecule has 0 aliphatic carbocycles. The van der Waals surface area contributed by atoms with E-state index in [1.807, 2.05) is 12.1 Å². The molecule has 2 heterocycles. The fourth-order valence-corrected chi connectivity index (χ4v) is 3.22. The van der Waals surface area contributed by atoms with Gasteiger partial charge in [0.05, 0.1) is 25.6 Å². The summed E-state index contributed by atoms with van der Waals surface area (Å²) < 4.78 is 15.9. The zero-order valence-corrected chi connectivity index (χ0v) is 14.6. The lowest BCUT2D eigenvalue weighted by Crippen LogP contribution is -2.36. The Morgan fingerprint density at radius 1 is 1.35 bits per heavy atom. The van der Waals surface area contributed by atoms with E-state index in [-0.39, 0.29) is 6.61 Å². The third-order valence-electron chi connectivity index (χ3n) is 3.39. The van der Waals surface area contributed by atoms with Gasteiger partial charge in [-0.2, -0.15) is 0 Å². The van der Waals surface area contributed by atoms with Gasteiger partial charge in [-0.25, -0.2) is 0 Å². The first-order valence-electron chi connectivity index (χ1n) is 7.72. The quantitative estimate of drug-likeness (QED) is 0.682. The van der Waals surface area contributed by atoms with Crippen molar-refractivity contribution in [3.8, 4) is 0 Å². The molecule has 2 aromatic rings. The third kappa shape index (κ3) is 6.85. The first kappa shape index (κ1) is 18.2. The summed E-state index contributed by atoms with van der Waals surface area (Å²) in [5.41, 5.74) is 0. The van der Waals surface area contributed by atoms with Gasteiger partial charge < -0.3 is 19.0 Å². The molecule has 6 heteroatoms. The van der Waals surface area contributed by atoms with Crippen LogP contribution in [0.5, 0.6) is 0 Å². The van der Waals surface area contributed by atoms with Crippen molar-refractivity contribution in [3.05, 3.63) is 46.0 Å². The summed E-state index contributed by atoms with van der Waals surface area (Å²) in [5, 5.41) is 10.2. The van der Waals surface area contributed by atoms with Gasteiger partial charge in [0.1, 0.15) is 12.4 Å². The Hall–Kier alpha value is -1.18. The molecule has 5 nitrogen and oxygen atoms in total. The lowest BCUT2D eigenvalue weighted by Gasteiger charge is -2.24. The molecule has 23 heavy (non-hydrogen) atoms. The number of nitrogens with zero attached hydrogens (tertiary/aromatic N) is 1. The van der Waals surface area contributed by atoms with Crippen LogP contribution in [0, 0.1) is 6.92 Å². The molecule has 0 saturated carbocycles. The van der Waals surface area contributed by atoms with Crippen LogP contribution < -0.4 is 0 Å². The molecular weight excluding hydrogens is 314 g/mol. The van der Waals surface area contributed by atoms with Crippen molar-refractivity contribution >= 4 is 11.3 Å². The third-order valence-corrected chi connectivity index (χ3v) is 4.38. The van der Waals surface area contributed by atoms with E-state index in [0.29, 0.717) is 19.8 Å². The predicted octanol–water partition coefficient (Wildman–Crippen LogP) is 2.68. The Morgan fingerprint density at radius 2 is 2.22 bits per heavy atom. The molecular formula is C17H25NO4S. The van der Waals surface area contributed by atoms with E-state index in [9.17, 15) is 5.11 Å². The van der Waals surface area contributed by atoms with Gasteiger partial charge in [-0.3, -0.25) is 4.90 Å². The van der Waals surface area contributed by atoms with Crippen LogP contribution in [0.25, 0.3) is 0 Å². The standard InChI is InChI=1S/C17H25NO4S/c1-14-5-6-17(23-14)11-18(7-9-20-2)10-15(19)12-21-13-16-4-3-8-22-16/h3-6,8,15,19H,7,9-13H2,1-2H3/t15-/m0/s1.